The molecule has 5 nitrogen and oxygen atoms in total. The van der Waals surface area contributed by atoms with E-state index < -0.39 is 6.29 Å². The Labute approximate surface area is 118 Å². The van der Waals surface area contributed by atoms with Crippen molar-refractivity contribution >= 4 is 16.8 Å². The molecule has 0 fully saturated rings. The summed E-state index contributed by atoms with van der Waals surface area (Å²) in [5.41, 5.74) is 1.60. The van der Waals surface area contributed by atoms with Crippen molar-refractivity contribution in [2.75, 3.05) is 19.8 Å². The van der Waals surface area contributed by atoms with E-state index in [1.165, 1.54) is 0 Å². The number of nitrogens with one attached hydrogen (secondary N) is 2. The van der Waals surface area contributed by atoms with Crippen LogP contribution in [0.1, 0.15) is 24.2 Å². The van der Waals surface area contributed by atoms with Crippen molar-refractivity contribution in [3.8, 4) is 0 Å². The van der Waals surface area contributed by atoms with Crippen LogP contribution < -0.4 is 5.32 Å². The quantitative estimate of drug-likeness (QED) is 0.763. The molecular weight excluding hydrogens is 256 g/mol. The maximum absolute atomic E-state index is 12.2. The van der Waals surface area contributed by atoms with Crippen LogP contribution in [0.5, 0.6) is 0 Å². The summed E-state index contributed by atoms with van der Waals surface area (Å²) in [4.78, 5) is 15.3. The number of amides is 1. The Morgan fingerprint density at radius 1 is 1.25 bits per heavy atom. The minimum Gasteiger partial charge on any atom is -0.361 e. The molecule has 0 saturated carbocycles. The number of rotatable bonds is 7. The number of benzene rings is 1. The summed E-state index contributed by atoms with van der Waals surface area (Å²) in [6, 6.07) is 7.50. The highest BCUT2D eigenvalue weighted by Crippen LogP contribution is 2.17. The SMILES string of the molecule is CCOC(CNC(=O)c1cccc2[nH]ccc12)OCC. The van der Waals surface area contributed by atoms with Crippen LogP contribution in [0.3, 0.4) is 0 Å². The van der Waals surface area contributed by atoms with Crippen LogP contribution in [0.15, 0.2) is 30.5 Å². The normalized spacial score (nSPS) is 11.2. The van der Waals surface area contributed by atoms with E-state index in [-0.39, 0.29) is 5.91 Å². The number of hydrogen-bond acceptors (Lipinski definition) is 3. The average Bonchev–Trinajstić information content (AvgIpc) is 2.93. The molecule has 0 atom stereocenters. The fourth-order valence-corrected chi connectivity index (χ4v) is 2.09. The molecule has 0 saturated heterocycles. The number of aromatic nitrogens is 1. The number of ether oxygens (including phenoxy) is 2. The largest absolute Gasteiger partial charge is 0.361 e. The summed E-state index contributed by atoms with van der Waals surface area (Å²) in [5.74, 6) is -0.125. The van der Waals surface area contributed by atoms with Crippen LogP contribution in [0.25, 0.3) is 10.9 Å². The van der Waals surface area contributed by atoms with Gasteiger partial charge >= 0.3 is 0 Å². The zero-order valence-corrected chi connectivity index (χ0v) is 11.8. The van der Waals surface area contributed by atoms with Crippen molar-refractivity contribution in [1.82, 2.24) is 10.3 Å². The van der Waals surface area contributed by atoms with Crippen molar-refractivity contribution in [2.45, 2.75) is 20.1 Å². The van der Waals surface area contributed by atoms with Crippen LogP contribution >= 0.6 is 0 Å². The molecule has 2 aromatic rings. The molecule has 0 unspecified atom stereocenters. The Balaban J connectivity index is 2.02. The van der Waals surface area contributed by atoms with Gasteiger partial charge in [-0.05, 0) is 32.0 Å². The van der Waals surface area contributed by atoms with E-state index in [0.29, 0.717) is 25.3 Å². The molecule has 1 aromatic carbocycles. The number of carbonyl (C=O) groups is 1. The van der Waals surface area contributed by atoms with Gasteiger partial charge in [0.15, 0.2) is 6.29 Å². The van der Waals surface area contributed by atoms with Gasteiger partial charge in [0.2, 0.25) is 0 Å². The second kappa shape index (κ2) is 7.07. The molecule has 0 spiro atoms. The third-order valence-corrected chi connectivity index (χ3v) is 2.97. The Morgan fingerprint density at radius 3 is 2.70 bits per heavy atom. The second-order valence-corrected chi connectivity index (χ2v) is 4.29. The molecule has 108 valence electrons. The zero-order chi connectivity index (χ0) is 14.4. The van der Waals surface area contributed by atoms with E-state index in [2.05, 4.69) is 10.3 Å². The zero-order valence-electron chi connectivity index (χ0n) is 11.8. The molecule has 0 radical (unpaired) electrons. The highest BCUT2D eigenvalue weighted by Gasteiger charge is 2.13. The van der Waals surface area contributed by atoms with Gasteiger partial charge in [-0.15, -0.1) is 0 Å². The lowest BCUT2D eigenvalue weighted by molar-refractivity contribution is -0.131. The monoisotopic (exact) mass is 276 g/mol. The van der Waals surface area contributed by atoms with Gasteiger partial charge in [-0.25, -0.2) is 0 Å². The van der Waals surface area contributed by atoms with Crippen LogP contribution in [-0.4, -0.2) is 36.9 Å². The van der Waals surface area contributed by atoms with E-state index in [4.69, 9.17) is 9.47 Å². The van der Waals surface area contributed by atoms with Crippen molar-refractivity contribution < 1.29 is 14.3 Å². The summed E-state index contributed by atoms with van der Waals surface area (Å²) in [6.45, 7) is 5.23. The van der Waals surface area contributed by atoms with Gasteiger partial charge in [0.25, 0.3) is 5.91 Å². The van der Waals surface area contributed by atoms with E-state index >= 15 is 0 Å². The van der Waals surface area contributed by atoms with E-state index in [0.717, 1.165) is 10.9 Å². The molecule has 2 N–H and O–H groups in total. The number of fused-ring (bicyclic) bond motifs is 1. The van der Waals surface area contributed by atoms with Gasteiger partial charge in [0.1, 0.15) is 0 Å². The lowest BCUT2D eigenvalue weighted by Gasteiger charge is -2.17. The number of H-pyrrole nitrogens is 1. The highest BCUT2D eigenvalue weighted by atomic mass is 16.7. The van der Waals surface area contributed by atoms with Crippen LogP contribution in [-0.2, 0) is 9.47 Å². The summed E-state index contributed by atoms with van der Waals surface area (Å²) in [5, 5.41) is 3.76. The summed E-state index contributed by atoms with van der Waals surface area (Å²) in [6.07, 6.45) is 1.42. The molecule has 1 aromatic heterocycles. The lowest BCUT2D eigenvalue weighted by atomic mass is 10.1. The first-order valence-corrected chi connectivity index (χ1v) is 6.83. The van der Waals surface area contributed by atoms with Gasteiger partial charge in [-0.1, -0.05) is 6.07 Å². The summed E-state index contributed by atoms with van der Waals surface area (Å²) >= 11 is 0. The van der Waals surface area contributed by atoms with E-state index in [1.807, 2.05) is 44.3 Å². The van der Waals surface area contributed by atoms with Gasteiger partial charge in [0.05, 0.1) is 6.54 Å². The molecule has 0 bridgehead atoms. The van der Waals surface area contributed by atoms with Crippen LogP contribution in [0.4, 0.5) is 0 Å². The molecule has 0 aliphatic rings. The Kier molecular flexibility index (Phi) is 5.15. The molecule has 0 aliphatic carbocycles. The Hall–Kier alpha value is -1.85. The predicted molar refractivity (Wildman–Crippen MR) is 77.7 cm³/mol. The number of aromatic amines is 1. The minimum atomic E-state index is -0.403. The Bertz CT molecular complexity index is 559. The summed E-state index contributed by atoms with van der Waals surface area (Å²) in [7, 11) is 0. The first-order valence-electron chi connectivity index (χ1n) is 6.83. The van der Waals surface area contributed by atoms with Crippen LogP contribution in [0, 0.1) is 0 Å². The molecule has 5 heteroatoms. The van der Waals surface area contributed by atoms with Crippen molar-refractivity contribution in [2.24, 2.45) is 0 Å². The standard InChI is InChI=1S/C15H20N2O3/c1-3-19-14(20-4-2)10-17-15(18)12-6-5-7-13-11(12)8-9-16-13/h5-9,14,16H,3-4,10H2,1-2H3,(H,17,18). The summed E-state index contributed by atoms with van der Waals surface area (Å²) < 4.78 is 10.8. The van der Waals surface area contributed by atoms with E-state index in [9.17, 15) is 4.79 Å². The first kappa shape index (κ1) is 14.6. The maximum atomic E-state index is 12.2. The third kappa shape index (κ3) is 3.37. The fourth-order valence-electron chi connectivity index (χ4n) is 2.09. The fraction of sp³-hybridized carbons (Fsp3) is 0.400. The van der Waals surface area contributed by atoms with Gasteiger partial charge in [-0.3, -0.25) is 4.79 Å². The maximum Gasteiger partial charge on any atom is 0.252 e. The first-order chi connectivity index (χ1) is 9.76. The molecule has 1 heterocycles. The van der Waals surface area contributed by atoms with Gasteiger partial charge in [0, 0.05) is 35.9 Å². The van der Waals surface area contributed by atoms with Crippen molar-refractivity contribution in [1.29, 1.82) is 0 Å². The number of hydrogen-bond donors (Lipinski definition) is 2. The molecule has 0 aliphatic heterocycles. The van der Waals surface area contributed by atoms with Crippen molar-refractivity contribution in [3.63, 3.8) is 0 Å². The van der Waals surface area contributed by atoms with Crippen molar-refractivity contribution in [3.05, 3.63) is 36.0 Å². The van der Waals surface area contributed by atoms with Gasteiger partial charge < -0.3 is 19.8 Å². The van der Waals surface area contributed by atoms with Gasteiger partial charge in [-0.2, -0.15) is 0 Å². The number of carbonyl (C=O) groups excluding carboxylic acids is 1. The molecule has 1 amide bonds. The highest BCUT2D eigenvalue weighted by molar-refractivity contribution is 6.06. The lowest BCUT2D eigenvalue weighted by Crippen LogP contribution is -2.35. The Morgan fingerprint density at radius 2 is 2.00 bits per heavy atom. The second-order valence-electron chi connectivity index (χ2n) is 4.29. The minimum absolute atomic E-state index is 0.125. The topological polar surface area (TPSA) is 63.3 Å². The van der Waals surface area contributed by atoms with E-state index in [1.54, 1.807) is 0 Å². The molecular formula is C15H20N2O3. The smallest absolute Gasteiger partial charge is 0.252 e. The predicted octanol–water partition coefficient (Wildman–Crippen LogP) is 2.30. The third-order valence-electron chi connectivity index (χ3n) is 2.97. The molecule has 2 rings (SSSR count). The average molecular weight is 276 g/mol. The van der Waals surface area contributed by atoms with Crippen LogP contribution in [0.2, 0.25) is 0 Å². The molecule has 20 heavy (non-hydrogen) atoms.